The van der Waals surface area contributed by atoms with Gasteiger partial charge in [0.1, 0.15) is 19.0 Å². The van der Waals surface area contributed by atoms with Gasteiger partial charge in [0.05, 0.1) is 45.1 Å². The Morgan fingerprint density at radius 1 is 0.362 bits per heavy atom. The van der Waals surface area contributed by atoms with E-state index < -0.39 is 70.8 Å². The van der Waals surface area contributed by atoms with E-state index in [2.05, 4.69) is 141 Å². The van der Waals surface area contributed by atoms with E-state index in [4.69, 9.17) is 38.6 Å². The number of benzene rings is 9. The Kier molecular flexibility index (Phi) is 39.4. The summed E-state index contributed by atoms with van der Waals surface area (Å²) in [7, 11) is 4.15. The number of nitriles is 1. The molecule has 1 heterocycles. The number of aliphatic imine (C=N–C) groups is 8. The largest absolute Gasteiger partial charge is 0.445 e. The van der Waals surface area contributed by atoms with Crippen LogP contribution < -0.4 is 37.8 Å². The van der Waals surface area contributed by atoms with Gasteiger partial charge in [0, 0.05) is 44.3 Å². The average molecular weight is 1720 g/mol. The van der Waals surface area contributed by atoms with Crippen molar-refractivity contribution in [3.8, 4) is 12.0 Å². The molecule has 10 rings (SSSR count). The second kappa shape index (κ2) is 49.4. The number of anilines is 3. The van der Waals surface area contributed by atoms with Gasteiger partial charge in [-0.1, -0.05) is 146 Å². The van der Waals surface area contributed by atoms with Crippen molar-refractivity contribution in [2.24, 2.45) is 39.9 Å². The summed E-state index contributed by atoms with van der Waals surface area (Å²) >= 11 is 0. The summed E-state index contributed by atoms with van der Waals surface area (Å²) in [6, 6.07) is 59.0. The maximum Gasteiger partial charge on any atom is 0.412 e. The van der Waals surface area contributed by atoms with Crippen LogP contribution in [0, 0.1) is 53.1 Å². The Labute approximate surface area is 731 Å². The molecule has 33 heteroatoms. The number of rotatable bonds is 25. The van der Waals surface area contributed by atoms with Crippen LogP contribution in [0.3, 0.4) is 0 Å². The molecular formula is C94H93N15O18. The van der Waals surface area contributed by atoms with Crippen LogP contribution in [0.1, 0.15) is 127 Å². The lowest BCUT2D eigenvalue weighted by atomic mass is 9.90. The van der Waals surface area contributed by atoms with E-state index in [9.17, 15) is 52.7 Å². The molecule has 3 amide bonds. The standard InChI is InChI=1S/C36H36N6O6.C32H30N6O9.C20H18.3C2H3NO/c1-22-16-25(10-13-28(22)37-19-43)34(4,5)40-31(46)41(35(6,7)26-11-14-29(38-20-44)23(2)17-26)33(48)42(32(40)47)36(8,9)27-12-15-30(39-21-45)24(3)18-27;1-5-32(47-31(43)38-24-10-7-21(3)27(13-24)35-19-40,15-44-29(41)36-23-9-6-20(2)26(12-23)34-18-39)16-45-30(42)37-25-11-8-22(4)28(14-25)46-17-33;1-3-8-17(9-4-1)14-19-12-7-13-20(16-19)15-18-10-5-2-6-11-18;3*1-3-2-4/h10-18H,1-9H3;6-14H,5,15-16H2,1-4H3,(H,36,41)(H,37,42)(H,38,43);1-13,16H,14-15H2;3*1H3. The minimum Gasteiger partial charge on any atom is -0.445 e. The van der Waals surface area contributed by atoms with E-state index in [1.165, 1.54) is 110 Å². The van der Waals surface area contributed by atoms with E-state index in [-0.39, 0.29) is 40.6 Å². The quantitative estimate of drug-likeness (QED) is 0.0207. The third-order valence-corrected chi connectivity index (χ3v) is 19.5. The van der Waals surface area contributed by atoms with Crippen molar-refractivity contribution in [1.82, 2.24) is 13.7 Å². The number of hydrogen-bond acceptors (Lipinski definition) is 27. The first kappa shape index (κ1) is 101. The van der Waals surface area contributed by atoms with Crippen LogP contribution in [0.25, 0.3) is 0 Å². The molecule has 0 aliphatic carbocycles. The first-order valence-electron chi connectivity index (χ1n) is 38.6. The Morgan fingerprint density at radius 2 is 0.669 bits per heavy atom. The summed E-state index contributed by atoms with van der Waals surface area (Å²) in [4.78, 5) is 191. The van der Waals surface area contributed by atoms with Crippen molar-refractivity contribution < 1.29 is 71.7 Å². The number of aryl methyl sites for hydroxylation is 6. The first-order valence-corrected chi connectivity index (χ1v) is 38.6. The number of aromatic nitrogens is 3. The number of hydrogen-bond donors (Lipinski definition) is 3. The smallest absolute Gasteiger partial charge is 0.412 e. The zero-order valence-electron chi connectivity index (χ0n) is 72.7. The summed E-state index contributed by atoms with van der Waals surface area (Å²) in [5, 5.41) is 16.3. The number of ether oxygens (including phenoxy) is 4. The highest BCUT2D eigenvalue weighted by Gasteiger charge is 2.41. The maximum absolute atomic E-state index is 14.7. The molecule has 0 radical (unpaired) electrons. The van der Waals surface area contributed by atoms with Gasteiger partial charge >= 0.3 is 35.3 Å². The lowest BCUT2D eigenvalue weighted by Crippen LogP contribution is -2.65. The minimum absolute atomic E-state index is 0.0168. The van der Waals surface area contributed by atoms with Crippen LogP contribution in [0.5, 0.6) is 5.75 Å². The molecule has 3 N–H and O–H groups in total. The summed E-state index contributed by atoms with van der Waals surface area (Å²) in [6.45, 7) is 21.0. The molecule has 9 aromatic carbocycles. The fourth-order valence-corrected chi connectivity index (χ4v) is 12.5. The molecule has 1 unspecified atom stereocenters. The molecule has 0 spiro atoms. The van der Waals surface area contributed by atoms with E-state index in [0.29, 0.717) is 67.1 Å². The average Bonchev–Trinajstić information content (AvgIpc) is 0.713. The van der Waals surface area contributed by atoms with Crippen LogP contribution in [0.2, 0.25) is 0 Å². The number of carbonyl (C=O) groups is 3. The van der Waals surface area contributed by atoms with Gasteiger partial charge in [-0.2, -0.15) is 25.0 Å². The molecule has 0 fully saturated rings. The van der Waals surface area contributed by atoms with Gasteiger partial charge in [-0.25, -0.2) is 95.8 Å². The van der Waals surface area contributed by atoms with Crippen molar-refractivity contribution in [3.63, 3.8) is 0 Å². The summed E-state index contributed by atoms with van der Waals surface area (Å²) in [5.41, 5.74) is 5.28. The normalized spacial score (nSPS) is 10.6. The summed E-state index contributed by atoms with van der Waals surface area (Å²) in [5.74, 6) is 0.226. The van der Waals surface area contributed by atoms with Gasteiger partial charge in [-0.15, -0.1) is 5.26 Å². The molecule has 127 heavy (non-hydrogen) atoms. The van der Waals surface area contributed by atoms with E-state index >= 15 is 0 Å². The minimum atomic E-state index is -1.68. The first-order chi connectivity index (χ1) is 60.6. The zero-order chi connectivity index (χ0) is 94.0. The Hall–Kier alpha value is -16.5. The highest BCUT2D eigenvalue weighted by atomic mass is 16.6. The predicted molar refractivity (Wildman–Crippen MR) is 477 cm³/mol. The Bertz CT molecular complexity index is 5880. The summed E-state index contributed by atoms with van der Waals surface area (Å²) < 4.78 is 24.5. The van der Waals surface area contributed by atoms with Gasteiger partial charge < -0.3 is 18.9 Å². The summed E-state index contributed by atoms with van der Waals surface area (Å²) in [6.07, 6.45) is 12.1. The molecule has 0 aliphatic heterocycles. The number of isocyanates is 8. The van der Waals surface area contributed by atoms with Gasteiger partial charge in [-0.3, -0.25) is 16.0 Å². The fourth-order valence-electron chi connectivity index (χ4n) is 12.5. The predicted octanol–water partition coefficient (Wildman–Crippen LogP) is 16.7. The van der Waals surface area contributed by atoms with Crippen molar-refractivity contribution in [1.29, 1.82) is 5.26 Å². The lowest BCUT2D eigenvalue weighted by Gasteiger charge is -2.36. The van der Waals surface area contributed by atoms with Gasteiger partial charge in [0.2, 0.25) is 48.6 Å². The van der Waals surface area contributed by atoms with E-state index in [0.717, 1.165) is 26.5 Å². The topological polar surface area (TPSA) is 449 Å². The van der Waals surface area contributed by atoms with Crippen LogP contribution >= 0.6 is 0 Å². The SMILES string of the molecule is CCC(COC(=O)Nc1ccc(C)c(N=C=O)c1)(COC(=O)Nc1ccc(C)c(OC#N)c1)OC(=O)Nc1ccc(C)c(N=C=O)c1.CN=C=O.CN=C=O.CN=C=O.Cc1cc(C(C)(C)n2c(=O)n(C(C)(C)c3ccc(N=C=O)c(C)c3)c(=O)n(C(C)(C)c3ccc(N=C=O)c(C)c3)c2=O)ccc1N=C=O.c1ccc(Cc2cccc(Cc3ccccc3)c2)cc1. The van der Waals surface area contributed by atoms with Crippen molar-refractivity contribution in [2.75, 3.05) is 50.3 Å². The molecular weight excluding hydrogens is 1630 g/mol. The third kappa shape index (κ3) is 29.1. The molecule has 0 aliphatic rings. The highest BCUT2D eigenvalue weighted by Crippen LogP contribution is 2.35. The monoisotopic (exact) mass is 1720 g/mol. The lowest BCUT2D eigenvalue weighted by molar-refractivity contribution is -0.0648. The zero-order valence-corrected chi connectivity index (χ0v) is 72.7. The molecule has 652 valence electrons. The molecule has 0 bridgehead atoms. The maximum atomic E-state index is 14.7. The molecule has 1 atom stereocenters. The van der Waals surface area contributed by atoms with E-state index in [1.54, 1.807) is 187 Å². The number of nitrogens with zero attached hydrogens (tertiary/aromatic N) is 12. The highest BCUT2D eigenvalue weighted by molar-refractivity contribution is 5.88. The molecule has 10 aromatic rings. The second-order valence-corrected chi connectivity index (χ2v) is 29.3. The van der Waals surface area contributed by atoms with Gasteiger partial charge in [0.25, 0.3) is 6.26 Å². The van der Waals surface area contributed by atoms with Crippen molar-refractivity contribution >= 4 is 112 Å². The third-order valence-electron chi connectivity index (χ3n) is 19.5. The number of nitrogens with one attached hydrogen (secondary N) is 3. The van der Waals surface area contributed by atoms with Crippen molar-refractivity contribution in [3.05, 3.63) is 298 Å². The van der Waals surface area contributed by atoms with E-state index in [1.807, 2.05) is 0 Å². The fraction of sp³-hybridized carbons (Fsp3) is 0.266. The molecule has 1 aromatic heterocycles. The van der Waals surface area contributed by atoms with Crippen LogP contribution in [0.4, 0.5) is 59.9 Å². The molecule has 0 saturated heterocycles. The second-order valence-electron chi connectivity index (χ2n) is 29.3. The molecule has 33 nitrogen and oxygen atoms in total. The van der Waals surface area contributed by atoms with Crippen LogP contribution in [0.15, 0.2) is 248 Å². The molecule has 0 saturated carbocycles. The number of carbonyl (C=O) groups excluding carboxylic acids is 11. The number of amides is 3. The van der Waals surface area contributed by atoms with Crippen LogP contribution in [-0.2, 0) is 82.0 Å². The van der Waals surface area contributed by atoms with Gasteiger partial charge in [-0.05, 0) is 223 Å². The van der Waals surface area contributed by atoms with Crippen molar-refractivity contribution in [2.45, 2.75) is 131 Å². The Balaban J connectivity index is 0.000000336. The van der Waals surface area contributed by atoms with Gasteiger partial charge in [0.15, 0.2) is 5.60 Å². The van der Waals surface area contributed by atoms with Crippen LogP contribution in [-0.4, -0.2) is 121 Å². The Morgan fingerprint density at radius 3 is 0.976 bits per heavy atom.